The van der Waals surface area contributed by atoms with Crippen molar-refractivity contribution < 1.29 is 0 Å². The Morgan fingerprint density at radius 2 is 1.60 bits per heavy atom. The van der Waals surface area contributed by atoms with E-state index in [2.05, 4.69) is 36.9 Å². The second kappa shape index (κ2) is 6.30. The summed E-state index contributed by atoms with van der Waals surface area (Å²) in [6, 6.07) is 10.5. The fraction of sp³-hybridized carbons (Fsp3) is 0.333. The minimum Gasteiger partial charge on any atom is -0.333 e. The largest absolute Gasteiger partial charge is 0.333 e. The van der Waals surface area contributed by atoms with Crippen molar-refractivity contribution in [3.63, 3.8) is 0 Å². The smallest absolute Gasteiger partial charge is 0.0195 e. The second-order valence-corrected chi connectivity index (χ2v) is 1.84. The van der Waals surface area contributed by atoms with Crippen LogP contribution in [0, 0.1) is 0 Å². The zero-order valence-corrected chi connectivity index (χ0v) is 6.67. The van der Waals surface area contributed by atoms with E-state index in [1.807, 2.05) is 6.07 Å². The third-order valence-electron chi connectivity index (χ3n) is 1.25. The predicted octanol–water partition coefficient (Wildman–Crippen LogP) is 1.82. The molecule has 10 heavy (non-hydrogen) atoms. The highest BCUT2D eigenvalue weighted by Gasteiger charge is 1.79. The molecule has 0 bridgehead atoms. The predicted molar refractivity (Wildman–Crippen MR) is 45.9 cm³/mol. The first kappa shape index (κ1) is 9.18. The minimum absolute atomic E-state index is 1.14. The molecule has 0 spiro atoms. The van der Waals surface area contributed by atoms with Crippen LogP contribution in [0.1, 0.15) is 12.5 Å². The zero-order chi connectivity index (χ0) is 7.82. The molecule has 0 aliphatic carbocycles. The summed E-state index contributed by atoms with van der Waals surface area (Å²) in [5.74, 6) is 0. The van der Waals surface area contributed by atoms with Crippen LogP contribution in [-0.2, 0) is 6.42 Å². The molecule has 1 rings (SSSR count). The lowest BCUT2D eigenvalue weighted by atomic mass is 10.2. The first-order valence-electron chi connectivity index (χ1n) is 3.55. The number of nitrogens with two attached hydrogens (primary N) is 1. The molecule has 1 aromatic carbocycles. The van der Waals surface area contributed by atoms with Crippen molar-refractivity contribution in [2.24, 2.45) is 5.73 Å². The van der Waals surface area contributed by atoms with Gasteiger partial charge in [-0.1, -0.05) is 37.3 Å². The van der Waals surface area contributed by atoms with E-state index in [-0.39, 0.29) is 0 Å². The number of aryl methyl sites for hydroxylation is 1. The van der Waals surface area contributed by atoms with E-state index >= 15 is 0 Å². The third kappa shape index (κ3) is 3.25. The summed E-state index contributed by atoms with van der Waals surface area (Å²) in [7, 11) is 1.50. The van der Waals surface area contributed by atoms with E-state index in [0.29, 0.717) is 0 Å². The number of hydrogen-bond acceptors (Lipinski definition) is 1. The molecule has 0 aliphatic rings. The Bertz CT molecular complexity index is 146. The maximum absolute atomic E-state index is 4.50. The van der Waals surface area contributed by atoms with E-state index in [1.54, 1.807) is 0 Å². The first-order valence-corrected chi connectivity index (χ1v) is 3.55. The van der Waals surface area contributed by atoms with Gasteiger partial charge in [-0.15, -0.1) is 0 Å². The van der Waals surface area contributed by atoms with Crippen molar-refractivity contribution in [3.05, 3.63) is 35.9 Å². The van der Waals surface area contributed by atoms with Gasteiger partial charge in [0.25, 0.3) is 0 Å². The third-order valence-corrected chi connectivity index (χ3v) is 1.25. The van der Waals surface area contributed by atoms with Gasteiger partial charge < -0.3 is 5.73 Å². The molecule has 0 saturated heterocycles. The molecule has 56 valence electrons. The average molecular weight is 137 g/mol. The van der Waals surface area contributed by atoms with Gasteiger partial charge >= 0.3 is 0 Å². The highest BCUT2D eigenvalue weighted by Crippen LogP contribution is 1.96. The van der Waals surface area contributed by atoms with Crippen LogP contribution in [0.2, 0.25) is 0 Å². The van der Waals surface area contributed by atoms with Crippen LogP contribution in [0.15, 0.2) is 30.3 Å². The Morgan fingerprint density at radius 1 is 1.10 bits per heavy atom. The SMILES string of the molecule is CCc1ccccc1.CN. The van der Waals surface area contributed by atoms with Crippen molar-refractivity contribution in [3.8, 4) is 0 Å². The molecular formula is C9H15N. The highest BCUT2D eigenvalue weighted by atomic mass is 14.4. The lowest BCUT2D eigenvalue weighted by molar-refractivity contribution is 1.14. The van der Waals surface area contributed by atoms with Crippen LogP contribution >= 0.6 is 0 Å². The molecule has 0 unspecified atom stereocenters. The quantitative estimate of drug-likeness (QED) is 0.627. The summed E-state index contributed by atoms with van der Waals surface area (Å²) >= 11 is 0. The van der Waals surface area contributed by atoms with E-state index in [0.717, 1.165) is 6.42 Å². The summed E-state index contributed by atoms with van der Waals surface area (Å²) in [4.78, 5) is 0. The fourth-order valence-electron chi connectivity index (χ4n) is 0.714. The van der Waals surface area contributed by atoms with Crippen LogP contribution < -0.4 is 5.73 Å². The average Bonchev–Trinajstić information content (AvgIpc) is 2.10. The minimum atomic E-state index is 1.14. The Morgan fingerprint density at radius 3 is 1.90 bits per heavy atom. The van der Waals surface area contributed by atoms with Gasteiger partial charge in [0.15, 0.2) is 0 Å². The van der Waals surface area contributed by atoms with Crippen molar-refractivity contribution in [2.75, 3.05) is 7.05 Å². The van der Waals surface area contributed by atoms with Gasteiger partial charge in [0.05, 0.1) is 0 Å². The summed E-state index contributed by atoms with van der Waals surface area (Å²) in [6.45, 7) is 2.16. The number of hydrogen-bond donors (Lipinski definition) is 1. The van der Waals surface area contributed by atoms with Crippen LogP contribution in [0.4, 0.5) is 0 Å². The summed E-state index contributed by atoms with van der Waals surface area (Å²) in [5, 5.41) is 0. The van der Waals surface area contributed by atoms with E-state index in [4.69, 9.17) is 0 Å². The van der Waals surface area contributed by atoms with Crippen molar-refractivity contribution >= 4 is 0 Å². The molecule has 1 nitrogen and oxygen atoms in total. The van der Waals surface area contributed by atoms with Gasteiger partial charge in [-0.2, -0.15) is 0 Å². The van der Waals surface area contributed by atoms with Crippen LogP contribution in [-0.4, -0.2) is 7.05 Å². The fourth-order valence-corrected chi connectivity index (χ4v) is 0.714. The second-order valence-electron chi connectivity index (χ2n) is 1.84. The highest BCUT2D eigenvalue weighted by molar-refractivity contribution is 5.13. The molecular weight excluding hydrogens is 122 g/mol. The molecule has 0 amide bonds. The number of rotatable bonds is 1. The first-order chi connectivity index (χ1) is 4.93. The lowest BCUT2D eigenvalue weighted by Crippen LogP contribution is -1.73. The van der Waals surface area contributed by atoms with Crippen molar-refractivity contribution in [1.29, 1.82) is 0 Å². The molecule has 0 saturated carbocycles. The molecule has 2 N–H and O–H groups in total. The molecule has 0 fully saturated rings. The van der Waals surface area contributed by atoms with E-state index in [1.165, 1.54) is 12.6 Å². The van der Waals surface area contributed by atoms with E-state index < -0.39 is 0 Å². The lowest BCUT2D eigenvalue weighted by Gasteiger charge is -1.89. The van der Waals surface area contributed by atoms with Gasteiger partial charge in [-0.3, -0.25) is 0 Å². The van der Waals surface area contributed by atoms with Crippen molar-refractivity contribution in [1.82, 2.24) is 0 Å². The molecule has 0 heterocycles. The Kier molecular flexibility index (Phi) is 5.79. The molecule has 0 atom stereocenters. The molecule has 0 aliphatic heterocycles. The zero-order valence-electron chi connectivity index (χ0n) is 6.67. The molecule has 0 radical (unpaired) electrons. The van der Waals surface area contributed by atoms with Gasteiger partial charge in [0, 0.05) is 0 Å². The van der Waals surface area contributed by atoms with E-state index in [9.17, 15) is 0 Å². The van der Waals surface area contributed by atoms with Crippen LogP contribution in [0.25, 0.3) is 0 Å². The Hall–Kier alpha value is -0.820. The maximum Gasteiger partial charge on any atom is -0.0195 e. The Labute approximate surface area is 62.9 Å². The topological polar surface area (TPSA) is 26.0 Å². The summed E-state index contributed by atoms with van der Waals surface area (Å²) in [5.41, 5.74) is 5.91. The van der Waals surface area contributed by atoms with Gasteiger partial charge in [-0.25, -0.2) is 0 Å². The molecule has 0 aromatic heterocycles. The molecule has 1 aromatic rings. The number of benzene rings is 1. The monoisotopic (exact) mass is 137 g/mol. The standard InChI is InChI=1S/C8H10.CH5N/c1-2-8-6-4-3-5-7-8;1-2/h3-7H,2H2,1H3;2H2,1H3. The maximum atomic E-state index is 4.50. The summed E-state index contributed by atoms with van der Waals surface area (Å²) in [6.07, 6.45) is 1.14. The van der Waals surface area contributed by atoms with Crippen molar-refractivity contribution in [2.45, 2.75) is 13.3 Å². The molecule has 1 heteroatoms. The van der Waals surface area contributed by atoms with Gasteiger partial charge in [-0.05, 0) is 19.0 Å². The Balaban J connectivity index is 0.000000371. The normalized spacial score (nSPS) is 7.90. The summed E-state index contributed by atoms with van der Waals surface area (Å²) < 4.78 is 0. The van der Waals surface area contributed by atoms with Gasteiger partial charge in [0.1, 0.15) is 0 Å². The van der Waals surface area contributed by atoms with Crippen LogP contribution in [0.5, 0.6) is 0 Å². The van der Waals surface area contributed by atoms with Crippen LogP contribution in [0.3, 0.4) is 0 Å². The van der Waals surface area contributed by atoms with Gasteiger partial charge in [0.2, 0.25) is 0 Å².